The normalized spacial score (nSPS) is 13.1. The third-order valence-corrected chi connectivity index (χ3v) is 8.57. The molecule has 1 aromatic heterocycles. The molecular weight excluding hydrogens is 612 g/mol. The zero-order chi connectivity index (χ0) is 31.3. The molecule has 5 rings (SSSR count). The smallest absolute Gasteiger partial charge is 0.295 e. The van der Waals surface area contributed by atoms with E-state index in [0.29, 0.717) is 0 Å². The molecule has 0 fully saturated rings. The summed E-state index contributed by atoms with van der Waals surface area (Å²) in [5.41, 5.74) is -0.124. The third-order valence-electron chi connectivity index (χ3n) is 5.87. The highest BCUT2D eigenvalue weighted by Crippen LogP contribution is 2.39. The van der Waals surface area contributed by atoms with Crippen LogP contribution >= 0.6 is 0 Å². The third kappa shape index (κ3) is 5.79. The number of aryl methyl sites for hydroxylation is 1. The van der Waals surface area contributed by atoms with E-state index in [1.54, 1.807) is 0 Å². The second-order valence-corrected chi connectivity index (χ2v) is 12.8. The molecule has 0 atom stereocenters. The average Bonchev–Trinajstić information content (AvgIpc) is 2.89. The quantitative estimate of drug-likeness (QED) is 0.144. The zero-order valence-corrected chi connectivity index (χ0v) is 23.5. The minimum absolute atomic E-state index is 0.0237. The van der Waals surface area contributed by atoms with Crippen LogP contribution in [0.5, 0.6) is 0 Å². The number of fused-ring (bicyclic) bond motifs is 2. The van der Waals surface area contributed by atoms with Gasteiger partial charge in [0.1, 0.15) is 28.2 Å². The highest BCUT2D eigenvalue weighted by atomic mass is 32.2. The molecule has 42 heavy (non-hydrogen) atoms. The van der Waals surface area contributed by atoms with Crippen molar-refractivity contribution in [2.75, 3.05) is 5.32 Å². The topological polar surface area (TPSA) is 239 Å². The van der Waals surface area contributed by atoms with E-state index in [2.05, 4.69) is 30.5 Å². The van der Waals surface area contributed by atoms with E-state index in [4.69, 9.17) is 1.37 Å². The highest BCUT2D eigenvalue weighted by molar-refractivity contribution is 7.86. The Morgan fingerprint density at radius 3 is 2.02 bits per heavy atom. The van der Waals surface area contributed by atoms with Crippen molar-refractivity contribution in [3.63, 3.8) is 0 Å². The van der Waals surface area contributed by atoms with Gasteiger partial charge in [0.25, 0.3) is 30.4 Å². The fraction of sp³-hybridized carbons (Fsp3) is 0.0417. The predicted octanol–water partition coefficient (Wildman–Crippen LogP) is 4.39. The van der Waals surface area contributed by atoms with Gasteiger partial charge in [0, 0.05) is 21.5 Å². The number of nitrogens with zero attached hydrogens (tertiary/aromatic N) is 5. The number of hydrogen-bond donors (Lipinski definition) is 4. The van der Waals surface area contributed by atoms with Crippen molar-refractivity contribution < 1.29 is 40.3 Å². The summed E-state index contributed by atoms with van der Waals surface area (Å²) in [6, 6.07) is 12.2. The molecule has 0 saturated heterocycles. The second-order valence-electron chi connectivity index (χ2n) is 8.66. The maximum atomic E-state index is 12.3. The van der Waals surface area contributed by atoms with Crippen molar-refractivity contribution in [3.05, 3.63) is 72.8 Å². The van der Waals surface area contributed by atoms with Crippen molar-refractivity contribution >= 4 is 74.9 Å². The van der Waals surface area contributed by atoms with Gasteiger partial charge in [-0.2, -0.15) is 35.4 Å². The number of nitrogens with one attached hydrogen (secondary N) is 1. The van der Waals surface area contributed by atoms with Gasteiger partial charge in [-0.15, -0.1) is 5.11 Å². The molecule has 0 unspecified atom stereocenters. The van der Waals surface area contributed by atoms with E-state index in [-0.39, 0.29) is 56.7 Å². The number of rotatable bonds is 7. The summed E-state index contributed by atoms with van der Waals surface area (Å²) >= 11 is 0. The lowest BCUT2D eigenvalue weighted by molar-refractivity contribution is 0.481. The van der Waals surface area contributed by atoms with Crippen LogP contribution in [0, 0.1) is 6.92 Å². The van der Waals surface area contributed by atoms with Gasteiger partial charge in [-0.1, -0.05) is 24.3 Å². The van der Waals surface area contributed by atoms with Crippen molar-refractivity contribution in [2.45, 2.75) is 21.6 Å². The molecule has 0 bridgehead atoms. The summed E-state index contributed by atoms with van der Waals surface area (Å²) in [6.07, 6.45) is -0.350. The number of hydrogen-bond acceptors (Lipinski definition) is 12. The molecule has 1 heterocycles. The van der Waals surface area contributed by atoms with E-state index in [1.165, 1.54) is 43.3 Å². The summed E-state index contributed by atoms with van der Waals surface area (Å²) in [4.78, 5) is 9.82. The number of azo groups is 1. The standard InChI is InChI=1S/C24H18N6O9S3/c1-13-25-12-26-24(27-13)28-19-9-8-18(16-5-3-7-21(23(16)19)41(34,35)36)30-29-14-10-17-15(22(11-14)42(37,38)39)4-2-6-20(17)40(31,32)33/h2-12H,1H3,(H,31,32,33)(H,34,35,36)(H,37,38,39)(H,25,26,27,28)/i12T. The first kappa shape index (κ1) is 27.7. The van der Waals surface area contributed by atoms with Crippen LogP contribution in [0.2, 0.25) is 0 Å². The monoisotopic (exact) mass is 632 g/mol. The van der Waals surface area contributed by atoms with Crippen LogP contribution in [0.1, 0.15) is 7.20 Å². The van der Waals surface area contributed by atoms with Crippen molar-refractivity contribution in [3.8, 4) is 0 Å². The Morgan fingerprint density at radius 1 is 0.738 bits per heavy atom. The predicted molar refractivity (Wildman–Crippen MR) is 149 cm³/mol. The first-order valence-corrected chi connectivity index (χ1v) is 15.8. The SMILES string of the molecule is [3H]c1nc(C)nc(Nc2ccc(N=Nc3cc(S(=O)(=O)O)c4cccc(S(=O)(=O)O)c4c3)c3cccc(S(=O)(=O)O)c23)n1. The Labute approximate surface area is 239 Å². The Bertz CT molecular complexity index is 2310. The van der Waals surface area contributed by atoms with Crippen LogP contribution in [0.15, 0.2) is 91.9 Å². The second kappa shape index (κ2) is 10.4. The summed E-state index contributed by atoms with van der Waals surface area (Å²) in [5, 5.41) is 10.5. The zero-order valence-electron chi connectivity index (χ0n) is 22.0. The molecule has 0 aliphatic rings. The van der Waals surface area contributed by atoms with E-state index < -0.39 is 45.0 Å². The van der Waals surface area contributed by atoms with E-state index in [0.717, 1.165) is 24.3 Å². The van der Waals surface area contributed by atoms with Gasteiger partial charge in [-0.25, -0.2) is 9.97 Å². The van der Waals surface area contributed by atoms with Crippen LogP contribution in [0.4, 0.5) is 23.0 Å². The lowest BCUT2D eigenvalue weighted by Crippen LogP contribution is -2.04. The average molecular weight is 633 g/mol. The van der Waals surface area contributed by atoms with Crippen LogP contribution in [-0.2, 0) is 30.4 Å². The molecule has 0 saturated carbocycles. The molecule has 4 N–H and O–H groups in total. The lowest BCUT2D eigenvalue weighted by Gasteiger charge is -2.13. The van der Waals surface area contributed by atoms with Gasteiger partial charge in [-0.05, 0) is 43.3 Å². The maximum absolute atomic E-state index is 12.3. The lowest BCUT2D eigenvalue weighted by atomic mass is 10.1. The summed E-state index contributed by atoms with van der Waals surface area (Å²) < 4.78 is 110. The summed E-state index contributed by atoms with van der Waals surface area (Å²) in [5.74, 6) is 0.130. The van der Waals surface area contributed by atoms with Crippen LogP contribution in [-0.4, -0.2) is 53.9 Å². The molecule has 0 radical (unpaired) electrons. The van der Waals surface area contributed by atoms with Gasteiger partial charge >= 0.3 is 0 Å². The van der Waals surface area contributed by atoms with Gasteiger partial charge < -0.3 is 5.32 Å². The fourth-order valence-corrected chi connectivity index (χ4v) is 6.36. The molecule has 18 heteroatoms. The molecule has 0 amide bonds. The number of anilines is 2. The maximum Gasteiger partial charge on any atom is 0.295 e. The summed E-state index contributed by atoms with van der Waals surface area (Å²) in [7, 11) is -14.5. The Balaban J connectivity index is 1.72. The molecular formula is C24H18N6O9S3. The first-order valence-electron chi connectivity index (χ1n) is 12.0. The molecule has 0 aliphatic carbocycles. The highest BCUT2D eigenvalue weighted by Gasteiger charge is 2.22. The molecule has 0 aliphatic heterocycles. The summed E-state index contributed by atoms with van der Waals surface area (Å²) in [6.45, 7) is 1.52. The van der Waals surface area contributed by atoms with Crippen molar-refractivity contribution in [1.29, 1.82) is 0 Å². The Hall–Kier alpha value is -4.46. The minimum Gasteiger partial charge on any atom is -0.323 e. The Morgan fingerprint density at radius 2 is 1.38 bits per heavy atom. The van der Waals surface area contributed by atoms with Crippen LogP contribution < -0.4 is 5.32 Å². The number of benzene rings is 4. The van der Waals surface area contributed by atoms with Gasteiger partial charge in [-0.3, -0.25) is 13.7 Å². The molecule has 0 spiro atoms. The van der Waals surface area contributed by atoms with Crippen molar-refractivity contribution in [1.82, 2.24) is 15.0 Å². The first-order chi connectivity index (χ1) is 20.0. The Kier molecular flexibility index (Phi) is 6.87. The molecule has 216 valence electrons. The van der Waals surface area contributed by atoms with Crippen molar-refractivity contribution in [2.24, 2.45) is 10.2 Å². The van der Waals surface area contributed by atoms with E-state index >= 15 is 0 Å². The number of aromatic nitrogens is 3. The molecule has 15 nitrogen and oxygen atoms in total. The largest absolute Gasteiger partial charge is 0.323 e. The van der Waals surface area contributed by atoms with E-state index in [1.807, 2.05) is 0 Å². The minimum atomic E-state index is -4.91. The molecule has 4 aromatic carbocycles. The van der Waals surface area contributed by atoms with Gasteiger partial charge in [0.05, 0.1) is 17.1 Å². The fourth-order valence-electron chi connectivity index (χ4n) is 4.21. The van der Waals surface area contributed by atoms with Gasteiger partial charge in [0.2, 0.25) is 5.95 Å². The van der Waals surface area contributed by atoms with E-state index in [9.17, 15) is 38.9 Å². The van der Waals surface area contributed by atoms with Crippen LogP contribution in [0.3, 0.4) is 0 Å². The van der Waals surface area contributed by atoms with Gasteiger partial charge in [0.15, 0.2) is 0 Å². The molecule has 5 aromatic rings. The van der Waals surface area contributed by atoms with Crippen LogP contribution in [0.25, 0.3) is 21.5 Å².